The fourth-order valence-electron chi connectivity index (χ4n) is 5.86. The highest BCUT2D eigenvalue weighted by molar-refractivity contribution is 7.80. The van der Waals surface area contributed by atoms with Crippen LogP contribution in [0, 0.1) is 0 Å². The molecule has 0 amide bonds. The van der Waals surface area contributed by atoms with Crippen molar-refractivity contribution in [2.45, 2.75) is 18.9 Å². The molecule has 202 valence electrons. The second-order valence-electron chi connectivity index (χ2n) is 11.4. The van der Waals surface area contributed by atoms with Crippen molar-refractivity contribution in [3.8, 4) is 0 Å². The minimum absolute atomic E-state index is 0.251. The van der Waals surface area contributed by atoms with E-state index >= 15 is 0 Å². The molecule has 0 atom stereocenters. The van der Waals surface area contributed by atoms with Crippen LogP contribution in [-0.4, -0.2) is 15.7 Å². The SMILES string of the molecule is CC(C)(CP(c1ccccc1)c1ccccc1)[SiH2]c1cccc2cccc(P(c3ccccc3)c3ccccc3)c12. The van der Waals surface area contributed by atoms with E-state index in [4.69, 9.17) is 0 Å². The lowest BCUT2D eigenvalue weighted by Gasteiger charge is -2.31. The van der Waals surface area contributed by atoms with E-state index in [0.717, 1.165) is 0 Å². The van der Waals surface area contributed by atoms with E-state index in [1.165, 1.54) is 43.5 Å². The molecule has 0 bridgehead atoms. The van der Waals surface area contributed by atoms with Gasteiger partial charge in [-0.25, -0.2) is 0 Å². The summed E-state index contributed by atoms with van der Waals surface area (Å²) < 4.78 is 0. The van der Waals surface area contributed by atoms with Gasteiger partial charge in [-0.15, -0.1) is 0 Å². The Morgan fingerprint density at radius 3 is 1.41 bits per heavy atom. The maximum absolute atomic E-state index is 2.53. The molecule has 0 radical (unpaired) electrons. The first-order valence-corrected chi connectivity index (χ1v) is 18.7. The molecule has 3 heteroatoms. The molecule has 0 fully saturated rings. The van der Waals surface area contributed by atoms with Crippen molar-refractivity contribution in [3.05, 3.63) is 158 Å². The maximum Gasteiger partial charge on any atom is 0.0616 e. The zero-order chi connectivity index (χ0) is 28.1. The van der Waals surface area contributed by atoms with Gasteiger partial charge in [-0.1, -0.05) is 177 Å². The molecule has 0 aromatic heterocycles. The van der Waals surface area contributed by atoms with E-state index in [1.807, 2.05) is 0 Å². The first kappa shape index (κ1) is 27.8. The number of fused-ring (bicyclic) bond motifs is 1. The van der Waals surface area contributed by atoms with Gasteiger partial charge in [0.15, 0.2) is 0 Å². The first-order chi connectivity index (χ1) is 20.1. The van der Waals surface area contributed by atoms with Gasteiger partial charge >= 0.3 is 0 Å². The summed E-state index contributed by atoms with van der Waals surface area (Å²) in [6.07, 6.45) is 1.20. The molecule has 0 aliphatic heterocycles. The Morgan fingerprint density at radius 2 is 0.927 bits per heavy atom. The van der Waals surface area contributed by atoms with Crippen molar-refractivity contribution < 1.29 is 0 Å². The van der Waals surface area contributed by atoms with Crippen molar-refractivity contribution in [2.75, 3.05) is 6.16 Å². The van der Waals surface area contributed by atoms with Crippen LogP contribution in [0.1, 0.15) is 13.8 Å². The molecule has 0 heterocycles. The van der Waals surface area contributed by atoms with Crippen molar-refractivity contribution in [3.63, 3.8) is 0 Å². The van der Waals surface area contributed by atoms with Crippen LogP contribution in [-0.2, 0) is 0 Å². The third-order valence-corrected chi connectivity index (χ3v) is 15.7. The maximum atomic E-state index is 2.53. The van der Waals surface area contributed by atoms with Gasteiger partial charge in [-0.2, -0.15) is 0 Å². The topological polar surface area (TPSA) is 0 Å². The monoisotopic (exact) mass is 582 g/mol. The van der Waals surface area contributed by atoms with Gasteiger partial charge in [0.25, 0.3) is 0 Å². The number of benzene rings is 6. The van der Waals surface area contributed by atoms with Crippen LogP contribution in [0.15, 0.2) is 158 Å². The van der Waals surface area contributed by atoms with Crippen LogP contribution in [0.2, 0.25) is 5.04 Å². The van der Waals surface area contributed by atoms with E-state index in [2.05, 4.69) is 172 Å². The van der Waals surface area contributed by atoms with Crippen LogP contribution in [0.3, 0.4) is 0 Å². The average molecular weight is 583 g/mol. The Bertz CT molecular complexity index is 1620. The quantitative estimate of drug-likeness (QED) is 0.131. The van der Waals surface area contributed by atoms with E-state index in [-0.39, 0.29) is 5.04 Å². The van der Waals surface area contributed by atoms with Crippen molar-refractivity contribution in [2.24, 2.45) is 0 Å². The van der Waals surface area contributed by atoms with E-state index in [9.17, 15) is 0 Å². The Balaban J connectivity index is 1.43. The number of hydrogen-bond acceptors (Lipinski definition) is 0. The zero-order valence-corrected chi connectivity index (χ0v) is 27.0. The van der Waals surface area contributed by atoms with Gasteiger partial charge in [-0.05, 0) is 64.3 Å². The summed E-state index contributed by atoms with van der Waals surface area (Å²) in [6.45, 7) is 5.05. The molecule has 0 N–H and O–H groups in total. The lowest BCUT2D eigenvalue weighted by molar-refractivity contribution is 0.770. The fraction of sp³-hybridized carbons (Fsp3) is 0.105. The standard InChI is InChI=1S/C38H36P2Si/c1-38(2,29-39(31-19-7-3-8-20-31)32-21-9-4-10-22-32)41-36-28-16-18-30-17-15-27-35(37(30)36)40(33-23-11-5-12-24-33)34-25-13-6-14-26-34/h3-28H,29,41H2,1-2H3. The highest BCUT2D eigenvalue weighted by atomic mass is 31.1. The molecule has 41 heavy (non-hydrogen) atoms. The second-order valence-corrected chi connectivity index (χ2v) is 18.8. The summed E-state index contributed by atoms with van der Waals surface area (Å²) >= 11 is 0. The molecule has 0 nitrogen and oxygen atoms in total. The molecule has 0 aliphatic carbocycles. The summed E-state index contributed by atoms with van der Waals surface area (Å²) in [6, 6.07) is 58.7. The van der Waals surface area contributed by atoms with Gasteiger partial charge in [-0.3, -0.25) is 0 Å². The number of hydrogen-bond donors (Lipinski definition) is 0. The van der Waals surface area contributed by atoms with Gasteiger partial charge < -0.3 is 0 Å². The fourth-order valence-corrected chi connectivity index (χ4v) is 14.1. The predicted octanol–water partition coefficient (Wildman–Crippen LogP) is 6.72. The van der Waals surface area contributed by atoms with Gasteiger partial charge in [0.05, 0.1) is 9.52 Å². The predicted molar refractivity (Wildman–Crippen MR) is 189 cm³/mol. The highest BCUT2D eigenvalue weighted by Crippen LogP contribution is 2.43. The molecular weight excluding hydrogens is 546 g/mol. The largest absolute Gasteiger partial charge is 0.0630 e. The van der Waals surface area contributed by atoms with Gasteiger partial charge in [0, 0.05) is 0 Å². The van der Waals surface area contributed by atoms with Crippen molar-refractivity contribution in [1.29, 1.82) is 0 Å². The Hall–Kier alpha value is -3.34. The normalized spacial score (nSPS) is 12.1. The average Bonchev–Trinajstić information content (AvgIpc) is 3.02. The Kier molecular flexibility index (Phi) is 8.59. The minimum atomic E-state index is -0.666. The molecule has 6 aromatic rings. The second kappa shape index (κ2) is 12.7. The smallest absolute Gasteiger partial charge is 0.0616 e. The Morgan fingerprint density at radius 1 is 0.488 bits per heavy atom. The van der Waals surface area contributed by atoms with Crippen LogP contribution in [0.4, 0.5) is 0 Å². The summed E-state index contributed by atoms with van der Waals surface area (Å²) in [5, 5.41) is 12.0. The third-order valence-electron chi connectivity index (χ3n) is 7.63. The molecule has 6 aromatic carbocycles. The van der Waals surface area contributed by atoms with Crippen LogP contribution in [0.25, 0.3) is 10.8 Å². The third kappa shape index (κ3) is 6.44. The summed E-state index contributed by atoms with van der Waals surface area (Å²) in [4.78, 5) is 0. The van der Waals surface area contributed by atoms with Crippen molar-refractivity contribution in [1.82, 2.24) is 0 Å². The molecule has 0 saturated heterocycles. The van der Waals surface area contributed by atoms with E-state index < -0.39 is 25.4 Å². The molecule has 6 rings (SSSR count). The first-order valence-electron chi connectivity index (χ1n) is 14.4. The molecule has 0 spiro atoms. The lowest BCUT2D eigenvalue weighted by Crippen LogP contribution is -2.33. The van der Waals surface area contributed by atoms with Crippen molar-refractivity contribution >= 4 is 67.8 Å². The summed E-state index contributed by atoms with van der Waals surface area (Å²) in [7, 11) is -1.74. The molecule has 0 aliphatic rings. The van der Waals surface area contributed by atoms with E-state index in [0.29, 0.717) is 0 Å². The minimum Gasteiger partial charge on any atom is -0.0630 e. The summed E-state index contributed by atoms with van der Waals surface area (Å²) in [5.41, 5.74) is 0. The Labute approximate surface area is 249 Å². The molecule has 0 unspecified atom stereocenters. The lowest BCUT2D eigenvalue weighted by atomic mass is 10.1. The molecule has 0 saturated carbocycles. The zero-order valence-electron chi connectivity index (χ0n) is 23.8. The van der Waals surface area contributed by atoms with Crippen LogP contribution in [0.5, 0.6) is 0 Å². The van der Waals surface area contributed by atoms with Gasteiger partial charge in [0.1, 0.15) is 0 Å². The van der Waals surface area contributed by atoms with Crippen LogP contribution < -0.4 is 31.7 Å². The molecular formula is C38H36P2Si. The van der Waals surface area contributed by atoms with Crippen LogP contribution >= 0.6 is 15.8 Å². The summed E-state index contributed by atoms with van der Waals surface area (Å²) in [5.74, 6) is 0. The number of rotatable bonds is 9. The van der Waals surface area contributed by atoms with E-state index in [1.54, 1.807) is 5.19 Å². The highest BCUT2D eigenvalue weighted by Gasteiger charge is 2.28. The van der Waals surface area contributed by atoms with Gasteiger partial charge in [0.2, 0.25) is 0 Å².